The van der Waals surface area contributed by atoms with Gasteiger partial charge in [-0.05, 0) is 28.1 Å². The number of hydrogen-bond acceptors (Lipinski definition) is 3. The summed E-state index contributed by atoms with van der Waals surface area (Å²) in [5, 5.41) is 0.965. The van der Waals surface area contributed by atoms with Crippen LogP contribution < -0.4 is 9.47 Å². The van der Waals surface area contributed by atoms with Crippen LogP contribution >= 0.6 is 15.9 Å². The molecule has 0 aliphatic rings. The molecule has 1 aromatic carbocycles. The van der Waals surface area contributed by atoms with Crippen LogP contribution in [0.5, 0.6) is 11.6 Å². The molecule has 4 heteroatoms. The molecule has 0 saturated heterocycles. The monoisotopic (exact) mass is 267 g/mol. The fourth-order valence-corrected chi connectivity index (χ4v) is 2.10. The lowest BCUT2D eigenvalue weighted by atomic mass is 10.2. The van der Waals surface area contributed by atoms with E-state index >= 15 is 0 Å². The van der Waals surface area contributed by atoms with Crippen molar-refractivity contribution in [3.8, 4) is 11.6 Å². The number of para-hydroxylation sites is 1. The molecule has 0 amide bonds. The molecule has 78 valence electrons. The highest BCUT2D eigenvalue weighted by Gasteiger charge is 2.13. The highest BCUT2D eigenvalue weighted by molar-refractivity contribution is 9.10. The van der Waals surface area contributed by atoms with Gasteiger partial charge in [0, 0.05) is 5.39 Å². The quantitative estimate of drug-likeness (QED) is 0.838. The maximum absolute atomic E-state index is 5.33. The van der Waals surface area contributed by atoms with Gasteiger partial charge in [0.05, 0.1) is 19.7 Å². The molecule has 0 unspecified atom stereocenters. The Labute approximate surface area is 96.2 Å². The van der Waals surface area contributed by atoms with Crippen LogP contribution in [0.3, 0.4) is 0 Å². The SMILES string of the molecule is COc1nc2ccccc2c(OC)c1Br. The van der Waals surface area contributed by atoms with Crippen molar-refractivity contribution in [2.45, 2.75) is 0 Å². The first kappa shape index (κ1) is 10.2. The number of fused-ring (bicyclic) bond motifs is 1. The number of halogens is 1. The fraction of sp³-hybridized carbons (Fsp3) is 0.182. The second-order valence-electron chi connectivity index (χ2n) is 2.99. The first-order valence-electron chi connectivity index (χ1n) is 4.44. The standard InChI is InChI=1S/C11H10BrNO2/c1-14-10-7-5-3-4-6-8(7)13-11(15-2)9(10)12/h3-6H,1-2H3. The van der Waals surface area contributed by atoms with Crippen molar-refractivity contribution >= 4 is 26.8 Å². The molecule has 15 heavy (non-hydrogen) atoms. The first-order chi connectivity index (χ1) is 7.27. The van der Waals surface area contributed by atoms with Gasteiger partial charge in [-0.25, -0.2) is 4.98 Å². The lowest BCUT2D eigenvalue weighted by molar-refractivity contribution is 0.381. The lowest BCUT2D eigenvalue weighted by Crippen LogP contribution is -1.94. The van der Waals surface area contributed by atoms with E-state index in [0.29, 0.717) is 5.88 Å². The third-order valence-corrected chi connectivity index (χ3v) is 2.85. The van der Waals surface area contributed by atoms with Gasteiger partial charge in [0.2, 0.25) is 5.88 Å². The fourth-order valence-electron chi connectivity index (χ4n) is 1.47. The van der Waals surface area contributed by atoms with Gasteiger partial charge >= 0.3 is 0 Å². The molecule has 0 fully saturated rings. The summed E-state index contributed by atoms with van der Waals surface area (Å²) in [6.45, 7) is 0. The molecular formula is C11H10BrNO2. The van der Waals surface area contributed by atoms with Crippen molar-refractivity contribution < 1.29 is 9.47 Å². The van der Waals surface area contributed by atoms with E-state index in [2.05, 4.69) is 20.9 Å². The highest BCUT2D eigenvalue weighted by atomic mass is 79.9. The number of nitrogens with zero attached hydrogens (tertiary/aromatic N) is 1. The van der Waals surface area contributed by atoms with E-state index in [1.54, 1.807) is 14.2 Å². The zero-order valence-electron chi connectivity index (χ0n) is 8.45. The molecule has 0 N–H and O–H groups in total. The molecule has 3 nitrogen and oxygen atoms in total. The second-order valence-corrected chi connectivity index (χ2v) is 3.78. The molecule has 0 radical (unpaired) electrons. The summed E-state index contributed by atoms with van der Waals surface area (Å²) in [5.41, 5.74) is 0.856. The average molecular weight is 268 g/mol. The van der Waals surface area contributed by atoms with Crippen LogP contribution in [-0.2, 0) is 0 Å². The van der Waals surface area contributed by atoms with Crippen molar-refractivity contribution in [1.29, 1.82) is 0 Å². The number of methoxy groups -OCH3 is 2. The van der Waals surface area contributed by atoms with Gasteiger partial charge in [0.1, 0.15) is 10.2 Å². The van der Waals surface area contributed by atoms with Crippen molar-refractivity contribution in [2.24, 2.45) is 0 Å². The molecule has 0 aliphatic heterocycles. The van der Waals surface area contributed by atoms with Crippen LogP contribution in [-0.4, -0.2) is 19.2 Å². The van der Waals surface area contributed by atoms with Gasteiger partial charge < -0.3 is 9.47 Å². The summed E-state index contributed by atoms with van der Waals surface area (Å²) < 4.78 is 11.2. The van der Waals surface area contributed by atoms with E-state index in [1.165, 1.54) is 0 Å². The number of benzene rings is 1. The van der Waals surface area contributed by atoms with Crippen molar-refractivity contribution in [1.82, 2.24) is 4.98 Å². The van der Waals surface area contributed by atoms with Crippen LogP contribution in [0, 0.1) is 0 Å². The highest BCUT2D eigenvalue weighted by Crippen LogP contribution is 2.38. The normalized spacial score (nSPS) is 10.3. The predicted molar refractivity (Wildman–Crippen MR) is 62.5 cm³/mol. The summed E-state index contributed by atoms with van der Waals surface area (Å²) in [6, 6.07) is 7.77. The van der Waals surface area contributed by atoms with Crippen molar-refractivity contribution in [3.63, 3.8) is 0 Å². The minimum absolute atomic E-state index is 0.533. The Morgan fingerprint density at radius 1 is 1.13 bits per heavy atom. The van der Waals surface area contributed by atoms with Crippen LogP contribution in [0.15, 0.2) is 28.7 Å². The predicted octanol–water partition coefficient (Wildman–Crippen LogP) is 3.01. The van der Waals surface area contributed by atoms with Crippen LogP contribution in [0.4, 0.5) is 0 Å². The molecule has 2 aromatic rings. The van der Waals surface area contributed by atoms with E-state index in [0.717, 1.165) is 21.1 Å². The van der Waals surface area contributed by atoms with Gasteiger partial charge in [-0.2, -0.15) is 0 Å². The molecule has 2 rings (SSSR count). The Kier molecular flexibility index (Phi) is 2.77. The van der Waals surface area contributed by atoms with Gasteiger partial charge in [0.15, 0.2) is 0 Å². The Bertz CT molecular complexity index is 499. The van der Waals surface area contributed by atoms with Gasteiger partial charge in [0.25, 0.3) is 0 Å². The number of rotatable bonds is 2. The van der Waals surface area contributed by atoms with Gasteiger partial charge in [-0.1, -0.05) is 12.1 Å². The Morgan fingerprint density at radius 3 is 2.53 bits per heavy atom. The molecule has 0 saturated carbocycles. The van der Waals surface area contributed by atoms with E-state index in [4.69, 9.17) is 9.47 Å². The summed E-state index contributed by atoms with van der Waals surface area (Å²) >= 11 is 3.41. The van der Waals surface area contributed by atoms with Gasteiger partial charge in [-0.15, -0.1) is 0 Å². The number of hydrogen-bond donors (Lipinski definition) is 0. The maximum atomic E-state index is 5.33. The Balaban J connectivity index is 2.83. The van der Waals surface area contributed by atoms with Crippen molar-refractivity contribution in [3.05, 3.63) is 28.7 Å². The summed E-state index contributed by atoms with van der Waals surface area (Å²) in [7, 11) is 3.22. The van der Waals surface area contributed by atoms with Crippen LogP contribution in [0.2, 0.25) is 0 Å². The van der Waals surface area contributed by atoms with E-state index < -0.39 is 0 Å². The topological polar surface area (TPSA) is 31.4 Å². The third-order valence-electron chi connectivity index (χ3n) is 2.16. The Hall–Kier alpha value is -1.29. The number of ether oxygens (including phenoxy) is 2. The zero-order chi connectivity index (χ0) is 10.8. The van der Waals surface area contributed by atoms with E-state index in [-0.39, 0.29) is 0 Å². The van der Waals surface area contributed by atoms with E-state index in [9.17, 15) is 0 Å². The zero-order valence-corrected chi connectivity index (χ0v) is 10.0. The molecule has 1 heterocycles. The lowest BCUT2D eigenvalue weighted by Gasteiger charge is -2.10. The second kappa shape index (κ2) is 4.06. The van der Waals surface area contributed by atoms with Gasteiger partial charge in [-0.3, -0.25) is 0 Å². The molecule has 0 aliphatic carbocycles. The smallest absolute Gasteiger partial charge is 0.232 e. The summed E-state index contributed by atoms with van der Waals surface area (Å²) in [5.74, 6) is 1.28. The molecule has 0 bridgehead atoms. The van der Waals surface area contributed by atoms with Crippen LogP contribution in [0.25, 0.3) is 10.9 Å². The summed E-state index contributed by atoms with van der Waals surface area (Å²) in [6.07, 6.45) is 0. The maximum Gasteiger partial charge on any atom is 0.232 e. The van der Waals surface area contributed by atoms with E-state index in [1.807, 2.05) is 24.3 Å². The molecule has 1 aromatic heterocycles. The summed E-state index contributed by atoms with van der Waals surface area (Å²) in [4.78, 5) is 4.35. The first-order valence-corrected chi connectivity index (χ1v) is 5.23. The minimum atomic E-state index is 0.533. The number of pyridine rings is 1. The minimum Gasteiger partial charge on any atom is -0.495 e. The molecule has 0 spiro atoms. The Morgan fingerprint density at radius 2 is 1.87 bits per heavy atom. The molecule has 0 atom stereocenters. The third kappa shape index (κ3) is 1.65. The molecular weight excluding hydrogens is 258 g/mol. The number of aromatic nitrogens is 1. The largest absolute Gasteiger partial charge is 0.495 e. The van der Waals surface area contributed by atoms with Crippen molar-refractivity contribution in [2.75, 3.05) is 14.2 Å². The average Bonchev–Trinajstić information content (AvgIpc) is 2.28. The van der Waals surface area contributed by atoms with Crippen LogP contribution in [0.1, 0.15) is 0 Å².